The van der Waals surface area contributed by atoms with Crippen LogP contribution in [0, 0.1) is 0 Å². The van der Waals surface area contributed by atoms with Gasteiger partial charge in [-0.1, -0.05) is 12.5 Å². The molecule has 1 aliphatic rings. The number of rotatable bonds is 9. The largest absolute Gasteiger partial charge is 0.497 e. The van der Waals surface area contributed by atoms with Crippen LogP contribution in [0.2, 0.25) is 0 Å². The molecule has 0 bridgehead atoms. The molecule has 1 aliphatic heterocycles. The Kier molecular flexibility index (Phi) is 8.51. The van der Waals surface area contributed by atoms with Gasteiger partial charge in [0.15, 0.2) is 0 Å². The van der Waals surface area contributed by atoms with Gasteiger partial charge in [-0.15, -0.1) is 0 Å². The molecule has 1 saturated heterocycles. The Labute approximate surface area is 200 Å². The first-order chi connectivity index (χ1) is 16.3. The van der Waals surface area contributed by atoms with Gasteiger partial charge in [-0.05, 0) is 48.7 Å². The van der Waals surface area contributed by atoms with Crippen molar-refractivity contribution in [3.05, 3.63) is 53.6 Å². The molecule has 0 spiro atoms. The Bertz CT molecular complexity index is 1110. The maximum absolute atomic E-state index is 13.4. The van der Waals surface area contributed by atoms with Crippen molar-refractivity contribution in [1.29, 1.82) is 0 Å². The van der Waals surface area contributed by atoms with E-state index in [2.05, 4.69) is 0 Å². The number of nitrogens with zero attached hydrogens (tertiary/aromatic N) is 2. The van der Waals surface area contributed by atoms with Gasteiger partial charge in [-0.2, -0.15) is 4.31 Å². The van der Waals surface area contributed by atoms with Crippen molar-refractivity contribution in [3.63, 3.8) is 0 Å². The average molecular weight is 491 g/mol. The zero-order valence-electron chi connectivity index (χ0n) is 19.7. The lowest BCUT2D eigenvalue weighted by atomic mass is 10.1. The van der Waals surface area contributed by atoms with Gasteiger partial charge in [0.25, 0.3) is 5.91 Å². The van der Waals surface area contributed by atoms with Gasteiger partial charge >= 0.3 is 5.97 Å². The smallest absolute Gasteiger partial charge is 0.325 e. The van der Waals surface area contributed by atoms with E-state index in [0.717, 1.165) is 19.3 Å². The van der Waals surface area contributed by atoms with Gasteiger partial charge in [0.2, 0.25) is 10.0 Å². The van der Waals surface area contributed by atoms with E-state index in [-0.39, 0.29) is 23.5 Å². The summed E-state index contributed by atoms with van der Waals surface area (Å²) in [5.41, 5.74) is 0.836. The molecular formula is C24H30N2O7S. The molecule has 184 valence electrons. The average Bonchev–Trinajstić information content (AvgIpc) is 2.88. The minimum Gasteiger partial charge on any atom is -0.497 e. The molecule has 0 aliphatic carbocycles. The molecule has 9 nitrogen and oxygen atoms in total. The van der Waals surface area contributed by atoms with Crippen molar-refractivity contribution >= 4 is 21.9 Å². The SMILES string of the molecule is COC(=O)CN(Cc1cc(OC)cc(OC)c1)C(=O)c1cccc(S(=O)(=O)N2CCCCC2)c1. The van der Waals surface area contributed by atoms with Crippen LogP contribution < -0.4 is 9.47 Å². The van der Waals surface area contributed by atoms with E-state index in [9.17, 15) is 18.0 Å². The molecular weight excluding hydrogens is 460 g/mol. The summed E-state index contributed by atoms with van der Waals surface area (Å²) < 4.78 is 43.0. The second-order valence-electron chi connectivity index (χ2n) is 7.95. The molecule has 34 heavy (non-hydrogen) atoms. The van der Waals surface area contributed by atoms with E-state index in [0.29, 0.717) is 30.2 Å². The highest BCUT2D eigenvalue weighted by atomic mass is 32.2. The van der Waals surface area contributed by atoms with Crippen molar-refractivity contribution in [2.75, 3.05) is 41.0 Å². The Morgan fingerprint density at radius 3 is 2.18 bits per heavy atom. The molecule has 1 heterocycles. The van der Waals surface area contributed by atoms with Crippen LogP contribution in [0.4, 0.5) is 0 Å². The van der Waals surface area contributed by atoms with Crippen molar-refractivity contribution < 1.29 is 32.2 Å². The number of methoxy groups -OCH3 is 3. The molecule has 0 saturated carbocycles. The molecule has 3 rings (SSSR count). The number of amides is 1. The number of piperidine rings is 1. The second-order valence-corrected chi connectivity index (χ2v) is 9.89. The van der Waals surface area contributed by atoms with Crippen LogP contribution >= 0.6 is 0 Å². The summed E-state index contributed by atoms with van der Waals surface area (Å²) in [6.07, 6.45) is 2.63. The summed E-state index contributed by atoms with van der Waals surface area (Å²) >= 11 is 0. The monoisotopic (exact) mass is 490 g/mol. The van der Waals surface area contributed by atoms with Gasteiger partial charge < -0.3 is 19.1 Å². The van der Waals surface area contributed by atoms with Crippen LogP contribution in [-0.4, -0.2) is 70.5 Å². The van der Waals surface area contributed by atoms with Crippen LogP contribution in [-0.2, 0) is 26.1 Å². The van der Waals surface area contributed by atoms with Crippen LogP contribution in [0.3, 0.4) is 0 Å². The maximum Gasteiger partial charge on any atom is 0.325 e. The number of hydrogen-bond acceptors (Lipinski definition) is 7. The zero-order chi connectivity index (χ0) is 24.7. The predicted molar refractivity (Wildman–Crippen MR) is 125 cm³/mol. The molecule has 2 aromatic rings. The van der Waals surface area contributed by atoms with Gasteiger partial charge in [-0.3, -0.25) is 9.59 Å². The number of hydrogen-bond donors (Lipinski definition) is 0. The number of esters is 1. The molecule has 0 radical (unpaired) electrons. The zero-order valence-corrected chi connectivity index (χ0v) is 20.5. The predicted octanol–water partition coefficient (Wildman–Crippen LogP) is 2.69. The first-order valence-electron chi connectivity index (χ1n) is 11.0. The number of benzene rings is 2. The molecule has 0 N–H and O–H groups in total. The van der Waals surface area contributed by atoms with Crippen LogP contribution in [0.5, 0.6) is 11.5 Å². The van der Waals surface area contributed by atoms with Crippen molar-refractivity contribution in [2.45, 2.75) is 30.7 Å². The highest BCUT2D eigenvalue weighted by Gasteiger charge is 2.27. The van der Waals surface area contributed by atoms with E-state index in [1.54, 1.807) is 18.2 Å². The van der Waals surface area contributed by atoms with Crippen LogP contribution in [0.25, 0.3) is 0 Å². The molecule has 1 amide bonds. The lowest BCUT2D eigenvalue weighted by molar-refractivity contribution is -0.141. The third-order valence-corrected chi connectivity index (χ3v) is 7.55. The topological polar surface area (TPSA) is 102 Å². The molecule has 0 aromatic heterocycles. The normalized spacial score (nSPS) is 14.3. The summed E-state index contributed by atoms with van der Waals surface area (Å²) in [6.45, 7) is 0.682. The summed E-state index contributed by atoms with van der Waals surface area (Å²) in [4.78, 5) is 26.8. The van der Waals surface area contributed by atoms with Gasteiger partial charge in [0.05, 0.1) is 26.2 Å². The number of carbonyl (C=O) groups excluding carboxylic acids is 2. The minimum atomic E-state index is -3.71. The number of sulfonamides is 1. The van der Waals surface area contributed by atoms with Gasteiger partial charge in [0.1, 0.15) is 18.0 Å². The minimum absolute atomic E-state index is 0.0568. The van der Waals surface area contributed by atoms with Crippen molar-refractivity contribution in [3.8, 4) is 11.5 Å². The highest BCUT2D eigenvalue weighted by Crippen LogP contribution is 2.25. The van der Waals surface area contributed by atoms with Crippen molar-refractivity contribution in [2.24, 2.45) is 0 Å². The maximum atomic E-state index is 13.4. The highest BCUT2D eigenvalue weighted by molar-refractivity contribution is 7.89. The second kappa shape index (κ2) is 11.3. The van der Waals surface area contributed by atoms with Crippen LogP contribution in [0.15, 0.2) is 47.4 Å². The Morgan fingerprint density at radius 2 is 1.59 bits per heavy atom. The summed E-state index contributed by atoms with van der Waals surface area (Å²) in [5, 5.41) is 0. The van der Waals surface area contributed by atoms with Gasteiger partial charge in [-0.25, -0.2) is 8.42 Å². The lowest BCUT2D eigenvalue weighted by Crippen LogP contribution is -2.37. The molecule has 2 aromatic carbocycles. The van der Waals surface area contributed by atoms with Gasteiger partial charge in [0, 0.05) is 31.3 Å². The summed E-state index contributed by atoms with van der Waals surface area (Å²) in [7, 11) is 0.567. The van der Waals surface area contributed by atoms with E-state index in [4.69, 9.17) is 14.2 Å². The van der Waals surface area contributed by atoms with Crippen LogP contribution in [0.1, 0.15) is 35.2 Å². The molecule has 10 heteroatoms. The first-order valence-corrected chi connectivity index (χ1v) is 12.4. The first kappa shape index (κ1) is 25.5. The Balaban J connectivity index is 1.91. The van der Waals surface area contributed by atoms with E-state index < -0.39 is 21.9 Å². The summed E-state index contributed by atoms with van der Waals surface area (Å²) in [5.74, 6) is -0.0212. The fraction of sp³-hybridized carbons (Fsp3) is 0.417. The van der Waals surface area contributed by atoms with E-state index >= 15 is 0 Å². The Morgan fingerprint density at radius 1 is 0.941 bits per heavy atom. The third kappa shape index (κ3) is 6.06. The molecule has 1 fully saturated rings. The third-order valence-electron chi connectivity index (χ3n) is 5.65. The standard InChI is InChI=1S/C24H30N2O7S/c1-31-20-12-18(13-21(15-20)32-2)16-25(17-23(27)33-3)24(28)19-8-7-9-22(14-19)34(29,30)26-10-5-4-6-11-26/h7-9,12-15H,4-6,10-11,16-17H2,1-3H3. The fourth-order valence-electron chi connectivity index (χ4n) is 3.82. The quantitative estimate of drug-likeness (QED) is 0.498. The van der Waals surface area contributed by atoms with Crippen molar-refractivity contribution in [1.82, 2.24) is 9.21 Å². The van der Waals surface area contributed by atoms with E-state index in [1.165, 1.54) is 54.8 Å². The molecule has 0 atom stereocenters. The number of ether oxygens (including phenoxy) is 3. The lowest BCUT2D eigenvalue weighted by Gasteiger charge is -2.26. The molecule has 0 unspecified atom stereocenters. The summed E-state index contributed by atoms with van der Waals surface area (Å²) in [6, 6.07) is 11.1. The Hall–Kier alpha value is -3.11. The fourth-order valence-corrected chi connectivity index (χ4v) is 5.39. The number of carbonyl (C=O) groups is 2. The van der Waals surface area contributed by atoms with E-state index in [1.807, 2.05) is 0 Å².